The Morgan fingerprint density at radius 3 is 2.79 bits per heavy atom. The van der Waals surface area contributed by atoms with Gasteiger partial charge in [-0.25, -0.2) is 22.9 Å². The number of rotatable bonds is 5. The van der Waals surface area contributed by atoms with E-state index >= 15 is 0 Å². The van der Waals surface area contributed by atoms with E-state index in [0.29, 0.717) is 11.2 Å². The van der Waals surface area contributed by atoms with Crippen molar-refractivity contribution in [2.75, 3.05) is 7.11 Å². The molecular formula is C15H13N3O5S. The largest absolute Gasteiger partial charge is 0.465 e. The fraction of sp³-hybridized carbons (Fsp3) is 0.133. The number of oxazole rings is 1. The van der Waals surface area contributed by atoms with Crippen LogP contribution in [0.2, 0.25) is 0 Å². The number of esters is 1. The highest BCUT2D eigenvalue weighted by molar-refractivity contribution is 7.89. The van der Waals surface area contributed by atoms with E-state index in [-0.39, 0.29) is 22.9 Å². The first-order valence-electron chi connectivity index (χ1n) is 6.89. The first-order chi connectivity index (χ1) is 11.5. The fourth-order valence-corrected chi connectivity index (χ4v) is 3.27. The Morgan fingerprint density at radius 1 is 1.25 bits per heavy atom. The Labute approximate surface area is 137 Å². The van der Waals surface area contributed by atoms with Gasteiger partial charge >= 0.3 is 5.97 Å². The SMILES string of the molecule is COC(=O)c1ccccc1S(=O)(=O)NCc1nc2ncccc2o1. The van der Waals surface area contributed by atoms with Crippen LogP contribution in [0.25, 0.3) is 11.2 Å². The molecule has 1 N–H and O–H groups in total. The molecule has 0 aliphatic carbocycles. The van der Waals surface area contributed by atoms with Crippen molar-refractivity contribution in [2.24, 2.45) is 0 Å². The molecule has 0 amide bonds. The molecule has 9 heteroatoms. The summed E-state index contributed by atoms with van der Waals surface area (Å²) < 4.78 is 37.3. The molecule has 3 aromatic rings. The van der Waals surface area contributed by atoms with Gasteiger partial charge in [0, 0.05) is 6.20 Å². The van der Waals surface area contributed by atoms with Crippen molar-refractivity contribution < 1.29 is 22.4 Å². The van der Waals surface area contributed by atoms with Crippen LogP contribution in [0.3, 0.4) is 0 Å². The predicted octanol–water partition coefficient (Wildman–Crippen LogP) is 1.49. The molecular weight excluding hydrogens is 334 g/mol. The van der Waals surface area contributed by atoms with Crippen LogP contribution < -0.4 is 4.72 Å². The van der Waals surface area contributed by atoms with Gasteiger partial charge in [0.05, 0.1) is 24.1 Å². The summed E-state index contributed by atoms with van der Waals surface area (Å²) in [4.78, 5) is 19.6. The van der Waals surface area contributed by atoms with E-state index in [4.69, 9.17) is 4.42 Å². The van der Waals surface area contributed by atoms with Crippen LogP contribution in [-0.2, 0) is 21.3 Å². The van der Waals surface area contributed by atoms with Crippen molar-refractivity contribution >= 4 is 27.2 Å². The highest BCUT2D eigenvalue weighted by Gasteiger charge is 2.23. The molecule has 0 atom stereocenters. The number of fused-ring (bicyclic) bond motifs is 1. The Kier molecular flexibility index (Phi) is 4.28. The number of carbonyl (C=O) groups is 1. The first kappa shape index (κ1) is 16.1. The Morgan fingerprint density at radius 2 is 2.04 bits per heavy atom. The Hall–Kier alpha value is -2.78. The molecule has 2 aromatic heterocycles. The Bertz CT molecular complexity index is 964. The number of pyridine rings is 1. The van der Waals surface area contributed by atoms with E-state index in [0.717, 1.165) is 0 Å². The van der Waals surface area contributed by atoms with Gasteiger partial charge in [-0.15, -0.1) is 0 Å². The maximum Gasteiger partial charge on any atom is 0.339 e. The number of hydrogen-bond acceptors (Lipinski definition) is 7. The molecule has 24 heavy (non-hydrogen) atoms. The molecule has 0 saturated carbocycles. The molecule has 0 unspecified atom stereocenters. The van der Waals surface area contributed by atoms with Gasteiger partial charge in [0.2, 0.25) is 15.9 Å². The number of methoxy groups -OCH3 is 1. The standard InChI is InChI=1S/C15H13N3O5S/c1-22-15(19)10-5-2-3-7-12(10)24(20,21)17-9-13-18-14-11(23-13)6-4-8-16-14/h2-8,17H,9H2,1H3. The summed E-state index contributed by atoms with van der Waals surface area (Å²) in [6.07, 6.45) is 1.56. The smallest absolute Gasteiger partial charge is 0.339 e. The summed E-state index contributed by atoms with van der Waals surface area (Å²) in [5.41, 5.74) is 0.801. The molecule has 124 valence electrons. The molecule has 0 bridgehead atoms. The van der Waals surface area contributed by atoms with Gasteiger partial charge in [-0.2, -0.15) is 4.98 Å². The number of nitrogens with zero attached hydrogens (tertiary/aromatic N) is 2. The third kappa shape index (κ3) is 3.12. The zero-order chi connectivity index (χ0) is 17.2. The maximum absolute atomic E-state index is 12.5. The molecule has 0 radical (unpaired) electrons. The lowest BCUT2D eigenvalue weighted by molar-refractivity contribution is 0.0596. The van der Waals surface area contributed by atoms with Gasteiger partial charge in [0.15, 0.2) is 11.2 Å². The number of nitrogens with one attached hydrogen (secondary N) is 1. The average Bonchev–Trinajstić information content (AvgIpc) is 3.02. The number of carbonyl (C=O) groups excluding carboxylic acids is 1. The molecule has 0 aliphatic heterocycles. The summed E-state index contributed by atoms with van der Waals surface area (Å²) in [6.45, 7) is -0.172. The van der Waals surface area contributed by atoms with Gasteiger partial charge in [-0.05, 0) is 24.3 Å². The highest BCUT2D eigenvalue weighted by Crippen LogP contribution is 2.17. The zero-order valence-corrected chi connectivity index (χ0v) is 13.4. The van der Waals surface area contributed by atoms with E-state index in [1.807, 2.05) is 0 Å². The summed E-state index contributed by atoms with van der Waals surface area (Å²) in [6, 6.07) is 9.14. The summed E-state index contributed by atoms with van der Waals surface area (Å²) in [5, 5.41) is 0. The van der Waals surface area contributed by atoms with Crippen molar-refractivity contribution in [3.63, 3.8) is 0 Å². The zero-order valence-electron chi connectivity index (χ0n) is 12.6. The van der Waals surface area contributed by atoms with E-state index in [1.54, 1.807) is 24.4 Å². The second-order valence-electron chi connectivity index (χ2n) is 4.75. The van der Waals surface area contributed by atoms with E-state index in [9.17, 15) is 13.2 Å². The second kappa shape index (κ2) is 6.38. The number of ether oxygens (including phenoxy) is 1. The lowest BCUT2D eigenvalue weighted by Gasteiger charge is -2.09. The molecule has 0 aliphatic rings. The molecule has 0 spiro atoms. The van der Waals surface area contributed by atoms with Crippen molar-refractivity contribution in [2.45, 2.75) is 11.4 Å². The van der Waals surface area contributed by atoms with Crippen molar-refractivity contribution in [3.05, 3.63) is 54.0 Å². The third-order valence-electron chi connectivity index (χ3n) is 3.20. The van der Waals surface area contributed by atoms with E-state index in [1.165, 1.54) is 25.3 Å². The first-order valence-corrected chi connectivity index (χ1v) is 8.37. The van der Waals surface area contributed by atoms with Crippen LogP contribution >= 0.6 is 0 Å². The molecule has 8 nitrogen and oxygen atoms in total. The van der Waals surface area contributed by atoms with E-state index in [2.05, 4.69) is 19.4 Å². The van der Waals surface area contributed by atoms with Crippen LogP contribution in [-0.4, -0.2) is 31.5 Å². The topological polar surface area (TPSA) is 111 Å². The van der Waals surface area contributed by atoms with Crippen molar-refractivity contribution in [1.82, 2.24) is 14.7 Å². The van der Waals surface area contributed by atoms with Crippen LogP contribution in [0.1, 0.15) is 16.2 Å². The molecule has 1 aromatic carbocycles. The van der Waals surface area contributed by atoms with Crippen LogP contribution in [0.5, 0.6) is 0 Å². The van der Waals surface area contributed by atoms with Gasteiger partial charge in [-0.3, -0.25) is 0 Å². The minimum absolute atomic E-state index is 0.0493. The second-order valence-corrected chi connectivity index (χ2v) is 6.48. The third-order valence-corrected chi connectivity index (χ3v) is 4.66. The number of hydrogen-bond donors (Lipinski definition) is 1. The minimum Gasteiger partial charge on any atom is -0.465 e. The number of sulfonamides is 1. The summed E-state index contributed by atoms with van der Waals surface area (Å²) in [5.74, 6) is -0.565. The predicted molar refractivity (Wildman–Crippen MR) is 83.6 cm³/mol. The Balaban J connectivity index is 1.85. The quantitative estimate of drug-likeness (QED) is 0.696. The van der Waals surface area contributed by atoms with Gasteiger partial charge in [-0.1, -0.05) is 12.1 Å². The molecule has 3 rings (SSSR count). The summed E-state index contributed by atoms with van der Waals surface area (Å²) in [7, 11) is -2.77. The average molecular weight is 347 g/mol. The monoisotopic (exact) mass is 347 g/mol. The van der Waals surface area contributed by atoms with Crippen molar-refractivity contribution in [1.29, 1.82) is 0 Å². The lowest BCUT2D eigenvalue weighted by Crippen LogP contribution is -2.25. The van der Waals surface area contributed by atoms with Gasteiger partial charge in [0.25, 0.3) is 0 Å². The van der Waals surface area contributed by atoms with Crippen LogP contribution in [0, 0.1) is 0 Å². The van der Waals surface area contributed by atoms with Gasteiger partial charge in [0.1, 0.15) is 0 Å². The normalized spacial score (nSPS) is 11.5. The maximum atomic E-state index is 12.5. The lowest BCUT2D eigenvalue weighted by atomic mass is 10.2. The molecule has 2 heterocycles. The van der Waals surface area contributed by atoms with Crippen LogP contribution in [0.4, 0.5) is 0 Å². The highest BCUT2D eigenvalue weighted by atomic mass is 32.2. The molecule has 0 fully saturated rings. The summed E-state index contributed by atoms with van der Waals surface area (Å²) >= 11 is 0. The minimum atomic E-state index is -3.95. The van der Waals surface area contributed by atoms with Gasteiger partial charge < -0.3 is 9.15 Å². The fourth-order valence-electron chi connectivity index (χ4n) is 2.10. The van der Waals surface area contributed by atoms with E-state index < -0.39 is 16.0 Å². The molecule has 0 saturated heterocycles. The number of aromatic nitrogens is 2. The van der Waals surface area contributed by atoms with Crippen molar-refractivity contribution in [3.8, 4) is 0 Å². The van der Waals surface area contributed by atoms with Crippen LogP contribution in [0.15, 0.2) is 51.9 Å². The number of benzene rings is 1.